The number of hydrogen-bond donors (Lipinski definition) is 0. The zero-order chi connectivity index (χ0) is 16.0. The molecule has 116 valence electrons. The van der Waals surface area contributed by atoms with Gasteiger partial charge in [0.15, 0.2) is 0 Å². The molecule has 0 unspecified atom stereocenters. The third-order valence-corrected chi connectivity index (χ3v) is 7.01. The number of carbonyl (C=O) groups excluding carboxylic acids is 3. The van der Waals surface area contributed by atoms with Gasteiger partial charge in [0.05, 0.1) is 23.5 Å². The molecule has 7 heteroatoms. The van der Waals surface area contributed by atoms with E-state index in [1.165, 1.54) is 18.2 Å². The summed E-state index contributed by atoms with van der Waals surface area (Å²) in [4.78, 5) is 37.7. The van der Waals surface area contributed by atoms with E-state index < -0.39 is 17.8 Å². The fourth-order valence-corrected chi connectivity index (χ4v) is 4.41. The molecule has 1 heterocycles. The van der Waals surface area contributed by atoms with Crippen LogP contribution < -0.4 is 10.0 Å². The Morgan fingerprint density at radius 3 is 2.05 bits per heavy atom. The van der Waals surface area contributed by atoms with Gasteiger partial charge in [0.1, 0.15) is 0 Å². The maximum atomic E-state index is 12.6. The number of carbonyl (C=O) groups is 3. The number of para-hydroxylation sites is 1. The molecule has 3 rings (SSSR count). The predicted molar refractivity (Wildman–Crippen MR) is 84.9 cm³/mol. The number of fused-ring (bicyclic) bond motifs is 1. The predicted octanol–water partition coefficient (Wildman–Crippen LogP) is 1.48. The van der Waals surface area contributed by atoms with Crippen molar-refractivity contribution in [1.82, 2.24) is 0 Å². The molecule has 0 bridgehead atoms. The van der Waals surface area contributed by atoms with E-state index in [-0.39, 0.29) is 32.7 Å². The van der Waals surface area contributed by atoms with Crippen molar-refractivity contribution < 1.29 is 19.5 Å². The summed E-state index contributed by atoms with van der Waals surface area (Å²) in [5, 5.41) is 11.2. The highest BCUT2D eigenvalue weighted by molar-refractivity contribution is 9.12. The van der Waals surface area contributed by atoms with E-state index >= 15 is 0 Å². The van der Waals surface area contributed by atoms with Gasteiger partial charge < -0.3 is 9.90 Å². The molecule has 0 radical (unpaired) electrons. The van der Waals surface area contributed by atoms with Crippen LogP contribution in [-0.4, -0.2) is 27.4 Å². The van der Waals surface area contributed by atoms with Gasteiger partial charge in [-0.15, -0.1) is 0 Å². The lowest BCUT2D eigenvalue weighted by Crippen LogP contribution is -2.34. The number of aromatic carboxylic acids is 1. The monoisotopic (exact) mass is 428 g/mol. The molecule has 1 aromatic carbocycles. The van der Waals surface area contributed by atoms with Crippen LogP contribution in [0.15, 0.2) is 24.3 Å². The van der Waals surface area contributed by atoms with E-state index in [9.17, 15) is 19.5 Å². The van der Waals surface area contributed by atoms with Crippen molar-refractivity contribution in [3.63, 3.8) is 0 Å². The smallest absolute Gasteiger partial charge is 0.237 e. The van der Waals surface area contributed by atoms with Crippen LogP contribution >= 0.6 is 31.9 Å². The lowest BCUT2D eigenvalue weighted by molar-refractivity contribution is -0.254. The zero-order valence-corrected chi connectivity index (χ0v) is 14.5. The maximum Gasteiger partial charge on any atom is 0.237 e. The van der Waals surface area contributed by atoms with E-state index in [2.05, 4.69) is 31.9 Å². The minimum atomic E-state index is -1.40. The van der Waals surface area contributed by atoms with Crippen LogP contribution in [0.4, 0.5) is 5.69 Å². The van der Waals surface area contributed by atoms with Crippen molar-refractivity contribution in [1.29, 1.82) is 0 Å². The van der Waals surface area contributed by atoms with E-state index in [0.29, 0.717) is 12.8 Å². The molecule has 0 N–H and O–H groups in total. The molecule has 1 aromatic rings. The van der Waals surface area contributed by atoms with Crippen molar-refractivity contribution >= 4 is 55.3 Å². The number of rotatable bonds is 2. The van der Waals surface area contributed by atoms with Crippen LogP contribution in [0.3, 0.4) is 0 Å². The number of hydrogen-bond acceptors (Lipinski definition) is 4. The van der Waals surface area contributed by atoms with Gasteiger partial charge in [0.2, 0.25) is 11.8 Å². The van der Waals surface area contributed by atoms with Crippen molar-refractivity contribution in [2.75, 3.05) is 4.90 Å². The van der Waals surface area contributed by atoms with Gasteiger partial charge in [-0.1, -0.05) is 50.1 Å². The van der Waals surface area contributed by atoms with Gasteiger partial charge in [-0.25, -0.2) is 4.90 Å². The summed E-state index contributed by atoms with van der Waals surface area (Å²) in [5.41, 5.74) is -0.0437. The molecule has 2 fully saturated rings. The maximum absolute atomic E-state index is 12.6. The number of benzene rings is 1. The molecule has 1 saturated carbocycles. The Bertz CT molecular complexity index is 635. The highest BCUT2D eigenvalue weighted by Crippen LogP contribution is 2.44. The van der Waals surface area contributed by atoms with Gasteiger partial charge in [0.25, 0.3) is 0 Å². The van der Waals surface area contributed by atoms with Gasteiger partial charge in [-0.2, -0.15) is 0 Å². The van der Waals surface area contributed by atoms with Crippen molar-refractivity contribution in [2.24, 2.45) is 11.8 Å². The summed E-state index contributed by atoms with van der Waals surface area (Å²) >= 11 is 7.04. The first-order valence-electron chi connectivity index (χ1n) is 6.88. The summed E-state index contributed by atoms with van der Waals surface area (Å²) in [6.07, 6.45) is 1.10. The van der Waals surface area contributed by atoms with Crippen LogP contribution in [0.2, 0.25) is 0 Å². The van der Waals surface area contributed by atoms with E-state index in [1.807, 2.05) is 0 Å². The van der Waals surface area contributed by atoms with Gasteiger partial charge in [0, 0.05) is 15.2 Å². The van der Waals surface area contributed by atoms with Crippen LogP contribution in [0.1, 0.15) is 23.2 Å². The van der Waals surface area contributed by atoms with Crippen molar-refractivity contribution in [3.05, 3.63) is 29.8 Å². The van der Waals surface area contributed by atoms with Crippen LogP contribution in [0.5, 0.6) is 0 Å². The molecule has 5 nitrogen and oxygen atoms in total. The Hall–Kier alpha value is -1.21. The Morgan fingerprint density at radius 2 is 1.55 bits per heavy atom. The Morgan fingerprint density at radius 1 is 1.05 bits per heavy atom. The van der Waals surface area contributed by atoms with E-state index in [1.54, 1.807) is 6.07 Å². The molecule has 1 aliphatic carbocycles. The molecule has 2 aliphatic rings. The van der Waals surface area contributed by atoms with Crippen LogP contribution in [-0.2, 0) is 9.59 Å². The van der Waals surface area contributed by atoms with Crippen molar-refractivity contribution in [2.45, 2.75) is 22.5 Å². The molecule has 0 spiro atoms. The van der Waals surface area contributed by atoms with E-state index in [4.69, 9.17) is 0 Å². The number of nitrogens with zero attached hydrogens (tertiary/aromatic N) is 1. The number of amides is 2. The second-order valence-corrected chi connectivity index (χ2v) is 7.89. The lowest BCUT2D eigenvalue weighted by atomic mass is 9.81. The van der Waals surface area contributed by atoms with Crippen LogP contribution in [0.25, 0.3) is 0 Å². The molecule has 0 aromatic heterocycles. The van der Waals surface area contributed by atoms with Gasteiger partial charge >= 0.3 is 0 Å². The molecule has 1 aliphatic heterocycles. The minimum Gasteiger partial charge on any atom is -0.545 e. The number of alkyl halides is 2. The Labute approximate surface area is 143 Å². The standard InChI is InChI=1S/C15H13Br2NO4/c16-10-5-8-9(6-11(10)17)14(20)18(13(8)19)12-4-2-1-3-7(12)15(21)22/h1-4,8-11H,5-6H2,(H,21,22)/p-1/t8-,9+,10-,11-/m1/s1. The fourth-order valence-electron chi connectivity index (χ4n) is 3.17. The number of carboxylic acids is 1. The van der Waals surface area contributed by atoms with Crippen LogP contribution in [0, 0.1) is 11.8 Å². The zero-order valence-electron chi connectivity index (χ0n) is 11.4. The summed E-state index contributed by atoms with van der Waals surface area (Å²) in [7, 11) is 0. The topological polar surface area (TPSA) is 77.5 Å². The minimum absolute atomic E-state index is 0.101. The van der Waals surface area contributed by atoms with E-state index in [0.717, 1.165) is 4.90 Å². The number of carboxylic acid groups (broad SMARTS) is 1. The van der Waals surface area contributed by atoms with Crippen molar-refractivity contribution in [3.8, 4) is 0 Å². The molecular weight excluding hydrogens is 418 g/mol. The van der Waals surface area contributed by atoms with Gasteiger partial charge in [-0.05, 0) is 18.9 Å². The average Bonchev–Trinajstić information content (AvgIpc) is 2.71. The lowest BCUT2D eigenvalue weighted by Gasteiger charge is -2.29. The third kappa shape index (κ3) is 2.40. The number of halogens is 2. The second kappa shape index (κ2) is 5.77. The summed E-state index contributed by atoms with van der Waals surface area (Å²) in [6.45, 7) is 0. The largest absolute Gasteiger partial charge is 0.545 e. The first-order valence-corrected chi connectivity index (χ1v) is 8.71. The Kier molecular flexibility index (Phi) is 4.11. The first kappa shape index (κ1) is 15.7. The molecule has 2 amide bonds. The SMILES string of the molecule is O=C([O-])c1ccccc1N1C(=O)[C@H]2C[C@@H](Br)[C@H](Br)C[C@H]2C1=O. The normalized spacial score (nSPS) is 31.3. The molecular formula is C15H12Br2NO4-. The Balaban J connectivity index is 2.01. The summed E-state index contributed by atoms with van der Waals surface area (Å²) < 4.78 is 0. The number of anilines is 1. The molecule has 1 saturated heterocycles. The highest BCUT2D eigenvalue weighted by Gasteiger charge is 2.52. The number of imide groups is 1. The third-order valence-electron chi connectivity index (χ3n) is 4.28. The summed E-state index contributed by atoms with van der Waals surface area (Å²) in [6, 6.07) is 5.95. The fraction of sp³-hybridized carbons (Fsp3) is 0.400. The molecule has 4 atom stereocenters. The van der Waals surface area contributed by atoms with Gasteiger partial charge in [-0.3, -0.25) is 9.59 Å². The summed E-state index contributed by atoms with van der Waals surface area (Å²) in [5.74, 6) is -2.86. The molecule has 22 heavy (non-hydrogen) atoms. The quantitative estimate of drug-likeness (QED) is 0.527. The highest BCUT2D eigenvalue weighted by atomic mass is 79.9. The first-order chi connectivity index (χ1) is 10.4. The average molecular weight is 430 g/mol. The second-order valence-electron chi connectivity index (χ2n) is 5.53.